The standard InChI is InChI=1S/C21H21ClF2N4O2/c22-21(23,24)30-16-6-4-15(5-7-16)27-20(29)14-3-8-19(28-11-1-2-12-28)17(13-14)18(26)9-10-25/h3-10,13,26H,1-2,11-12,25H2,(H,27,29). The highest BCUT2D eigenvalue weighted by molar-refractivity contribution is 6.20. The number of carbonyl (C=O) groups is 1. The van der Waals surface area contributed by atoms with Gasteiger partial charge in [0.15, 0.2) is 0 Å². The lowest BCUT2D eigenvalue weighted by molar-refractivity contribution is -0.0964. The fourth-order valence-corrected chi connectivity index (χ4v) is 3.35. The molecule has 0 atom stereocenters. The molecule has 158 valence electrons. The highest BCUT2D eigenvalue weighted by Crippen LogP contribution is 2.28. The molecule has 0 aromatic heterocycles. The lowest BCUT2D eigenvalue weighted by Crippen LogP contribution is -2.21. The monoisotopic (exact) mass is 434 g/mol. The Morgan fingerprint density at radius 2 is 1.87 bits per heavy atom. The number of nitrogens with zero attached hydrogens (tertiary/aromatic N) is 1. The van der Waals surface area contributed by atoms with Gasteiger partial charge in [-0.3, -0.25) is 4.79 Å². The zero-order valence-corrected chi connectivity index (χ0v) is 16.8. The van der Waals surface area contributed by atoms with E-state index < -0.39 is 11.5 Å². The molecule has 1 aliphatic rings. The smallest absolute Gasteiger partial charge is 0.420 e. The summed E-state index contributed by atoms with van der Waals surface area (Å²) < 4.78 is 29.6. The molecule has 1 heterocycles. The Balaban J connectivity index is 1.80. The van der Waals surface area contributed by atoms with Gasteiger partial charge in [0, 0.05) is 47.2 Å². The van der Waals surface area contributed by atoms with E-state index >= 15 is 0 Å². The predicted molar refractivity (Wildman–Crippen MR) is 114 cm³/mol. The third kappa shape index (κ3) is 5.48. The van der Waals surface area contributed by atoms with Crippen LogP contribution in [0, 0.1) is 5.41 Å². The molecule has 0 spiro atoms. The van der Waals surface area contributed by atoms with Crippen molar-refractivity contribution in [2.24, 2.45) is 5.73 Å². The van der Waals surface area contributed by atoms with Gasteiger partial charge in [-0.25, -0.2) is 0 Å². The summed E-state index contributed by atoms with van der Waals surface area (Å²) in [5.41, 5.74) is 4.09. The molecule has 3 rings (SSSR count). The fraction of sp³-hybridized carbons (Fsp3) is 0.238. The Morgan fingerprint density at radius 1 is 1.20 bits per heavy atom. The molecule has 0 saturated carbocycles. The lowest BCUT2D eigenvalue weighted by atomic mass is 10.0. The second-order valence-corrected chi connectivity index (χ2v) is 7.17. The Labute approximate surface area is 177 Å². The molecular weight excluding hydrogens is 414 g/mol. The van der Waals surface area contributed by atoms with Gasteiger partial charge in [-0.1, -0.05) is 0 Å². The van der Waals surface area contributed by atoms with Gasteiger partial charge in [-0.05, 0) is 67.6 Å². The van der Waals surface area contributed by atoms with Gasteiger partial charge in [0.2, 0.25) is 0 Å². The van der Waals surface area contributed by atoms with E-state index in [0.717, 1.165) is 31.6 Å². The van der Waals surface area contributed by atoms with Crippen molar-refractivity contribution in [3.05, 3.63) is 65.9 Å². The molecule has 1 saturated heterocycles. The third-order valence-electron chi connectivity index (χ3n) is 4.60. The topological polar surface area (TPSA) is 91.4 Å². The maximum absolute atomic E-state index is 12.7. The molecule has 6 nitrogen and oxygen atoms in total. The summed E-state index contributed by atoms with van der Waals surface area (Å²) in [6.07, 6.45) is 4.92. The Kier molecular flexibility index (Phi) is 6.56. The van der Waals surface area contributed by atoms with Crippen LogP contribution in [0.2, 0.25) is 0 Å². The highest BCUT2D eigenvalue weighted by Gasteiger charge is 2.27. The minimum absolute atomic E-state index is 0.132. The predicted octanol–water partition coefficient (Wildman–Crippen LogP) is 4.55. The molecular formula is C21H21ClF2N4O2. The molecule has 0 bridgehead atoms. The number of halogens is 3. The Hall–Kier alpha value is -3.13. The minimum Gasteiger partial charge on any atom is -0.420 e. The number of carbonyl (C=O) groups excluding carboxylic acids is 1. The van der Waals surface area contributed by atoms with Gasteiger partial charge in [0.05, 0.1) is 5.71 Å². The summed E-state index contributed by atoms with van der Waals surface area (Å²) in [5.74, 6) is -0.530. The maximum Gasteiger partial charge on any atom is 0.487 e. The second kappa shape index (κ2) is 9.13. The van der Waals surface area contributed by atoms with E-state index in [9.17, 15) is 13.6 Å². The first-order chi connectivity index (χ1) is 14.3. The summed E-state index contributed by atoms with van der Waals surface area (Å²) in [6.45, 7) is 1.79. The van der Waals surface area contributed by atoms with Crippen LogP contribution in [0.4, 0.5) is 20.2 Å². The van der Waals surface area contributed by atoms with Crippen molar-refractivity contribution in [1.29, 1.82) is 5.41 Å². The van der Waals surface area contributed by atoms with Gasteiger partial charge >= 0.3 is 5.57 Å². The lowest BCUT2D eigenvalue weighted by Gasteiger charge is -2.22. The Morgan fingerprint density at radius 3 is 2.47 bits per heavy atom. The average molecular weight is 435 g/mol. The third-order valence-corrected chi connectivity index (χ3v) is 4.68. The molecule has 2 aromatic rings. The molecule has 0 aliphatic carbocycles. The zero-order valence-electron chi connectivity index (χ0n) is 16.0. The quantitative estimate of drug-likeness (QED) is 0.440. The van der Waals surface area contributed by atoms with E-state index in [2.05, 4.69) is 15.0 Å². The van der Waals surface area contributed by atoms with Gasteiger partial charge in [0.25, 0.3) is 5.91 Å². The number of benzene rings is 2. The SMILES string of the molecule is N=C(C=CN)c1cc(C(=O)Nc2ccc(OC(F)(F)Cl)cc2)ccc1N1CCCC1. The van der Waals surface area contributed by atoms with Crippen LogP contribution in [0.15, 0.2) is 54.7 Å². The fourth-order valence-electron chi connectivity index (χ4n) is 3.26. The van der Waals surface area contributed by atoms with Crippen LogP contribution in [0.3, 0.4) is 0 Å². The van der Waals surface area contributed by atoms with Crippen LogP contribution >= 0.6 is 11.6 Å². The number of ether oxygens (including phenoxy) is 1. The van der Waals surface area contributed by atoms with Crippen molar-refractivity contribution in [1.82, 2.24) is 0 Å². The molecule has 30 heavy (non-hydrogen) atoms. The largest absolute Gasteiger partial charge is 0.487 e. The number of alkyl halides is 3. The zero-order chi connectivity index (χ0) is 21.7. The first-order valence-electron chi connectivity index (χ1n) is 9.30. The van der Waals surface area contributed by atoms with Gasteiger partial charge < -0.3 is 26.1 Å². The van der Waals surface area contributed by atoms with Crippen LogP contribution in [0.1, 0.15) is 28.8 Å². The molecule has 0 unspecified atom stereocenters. The van der Waals surface area contributed by atoms with Crippen molar-refractivity contribution in [2.45, 2.75) is 18.4 Å². The van der Waals surface area contributed by atoms with Crippen molar-refractivity contribution in [3.8, 4) is 5.75 Å². The number of nitrogens with one attached hydrogen (secondary N) is 2. The van der Waals surface area contributed by atoms with Crippen LogP contribution in [0.5, 0.6) is 5.75 Å². The summed E-state index contributed by atoms with van der Waals surface area (Å²) in [6, 6.07) is 10.6. The first kappa shape index (κ1) is 21.6. The number of hydrogen-bond donors (Lipinski definition) is 3. The number of hydrogen-bond acceptors (Lipinski definition) is 5. The van der Waals surface area contributed by atoms with Crippen LogP contribution in [-0.2, 0) is 0 Å². The van der Waals surface area contributed by atoms with E-state index in [1.807, 2.05) is 6.07 Å². The normalized spacial score (nSPS) is 14.2. The molecule has 0 radical (unpaired) electrons. The summed E-state index contributed by atoms with van der Waals surface area (Å²) in [7, 11) is 0. The van der Waals surface area contributed by atoms with Gasteiger partial charge in [-0.2, -0.15) is 0 Å². The first-order valence-corrected chi connectivity index (χ1v) is 9.68. The number of amides is 1. The van der Waals surface area contributed by atoms with E-state index in [4.69, 9.17) is 22.7 Å². The second-order valence-electron chi connectivity index (χ2n) is 6.73. The molecule has 1 amide bonds. The molecule has 4 N–H and O–H groups in total. The van der Waals surface area contributed by atoms with Crippen molar-refractivity contribution in [2.75, 3.05) is 23.3 Å². The molecule has 1 fully saturated rings. The molecule has 1 aliphatic heterocycles. The van der Waals surface area contributed by atoms with Crippen molar-refractivity contribution >= 4 is 34.6 Å². The molecule has 2 aromatic carbocycles. The van der Waals surface area contributed by atoms with E-state index in [-0.39, 0.29) is 11.5 Å². The average Bonchev–Trinajstić information content (AvgIpc) is 3.22. The number of anilines is 2. The number of allylic oxidation sites excluding steroid dienone is 1. The van der Waals surface area contributed by atoms with Crippen LogP contribution in [-0.4, -0.2) is 30.3 Å². The van der Waals surface area contributed by atoms with E-state index in [1.54, 1.807) is 12.1 Å². The highest BCUT2D eigenvalue weighted by atomic mass is 35.5. The van der Waals surface area contributed by atoms with E-state index in [0.29, 0.717) is 16.8 Å². The number of nitrogens with two attached hydrogens (primary N) is 1. The van der Waals surface area contributed by atoms with E-state index in [1.165, 1.54) is 36.5 Å². The molecule has 9 heteroatoms. The Bertz CT molecular complexity index is 952. The van der Waals surface area contributed by atoms with Crippen molar-refractivity contribution in [3.63, 3.8) is 0 Å². The van der Waals surface area contributed by atoms with Crippen LogP contribution < -0.4 is 20.7 Å². The number of rotatable bonds is 7. The summed E-state index contributed by atoms with van der Waals surface area (Å²) in [4.78, 5) is 14.9. The minimum atomic E-state index is -3.80. The van der Waals surface area contributed by atoms with Crippen molar-refractivity contribution < 1.29 is 18.3 Å². The van der Waals surface area contributed by atoms with Gasteiger partial charge in [0.1, 0.15) is 5.75 Å². The maximum atomic E-state index is 12.7. The summed E-state index contributed by atoms with van der Waals surface area (Å²) >= 11 is 4.74. The van der Waals surface area contributed by atoms with Crippen LogP contribution in [0.25, 0.3) is 0 Å². The van der Waals surface area contributed by atoms with Gasteiger partial charge in [-0.15, -0.1) is 8.78 Å². The summed E-state index contributed by atoms with van der Waals surface area (Å²) in [5, 5.41) is 11.0.